The molecule has 1 aliphatic heterocycles. The van der Waals surface area contributed by atoms with E-state index in [1.807, 2.05) is 0 Å². The van der Waals surface area contributed by atoms with E-state index >= 15 is 0 Å². The molecule has 0 amide bonds. The van der Waals surface area contributed by atoms with Crippen molar-refractivity contribution in [1.29, 1.82) is 0 Å². The fourth-order valence-electron chi connectivity index (χ4n) is 2.42. The zero-order chi connectivity index (χ0) is 13.0. The zero-order valence-electron chi connectivity index (χ0n) is 11.1. The van der Waals surface area contributed by atoms with Crippen LogP contribution >= 0.6 is 15.9 Å². The third-order valence-corrected chi connectivity index (χ3v) is 4.34. The average molecular weight is 313 g/mol. The van der Waals surface area contributed by atoms with Crippen LogP contribution in [0.2, 0.25) is 0 Å². The predicted molar refractivity (Wildman–Crippen MR) is 79.1 cm³/mol. The minimum atomic E-state index is 0.868. The fourth-order valence-corrected chi connectivity index (χ4v) is 3.02. The summed E-state index contributed by atoms with van der Waals surface area (Å²) in [6.07, 6.45) is 5.47. The van der Waals surface area contributed by atoms with Gasteiger partial charge in [-0.25, -0.2) is 9.97 Å². The van der Waals surface area contributed by atoms with Crippen molar-refractivity contribution >= 4 is 27.6 Å². The Hall–Kier alpha value is -0.840. The van der Waals surface area contributed by atoms with Crippen LogP contribution < -0.4 is 10.2 Å². The van der Waals surface area contributed by atoms with Crippen LogP contribution in [0.25, 0.3) is 0 Å². The van der Waals surface area contributed by atoms with E-state index in [9.17, 15) is 0 Å². The summed E-state index contributed by atoms with van der Waals surface area (Å²) in [5.74, 6) is 2.80. The maximum absolute atomic E-state index is 4.42. The molecule has 1 fully saturated rings. The molecule has 1 saturated heterocycles. The van der Waals surface area contributed by atoms with Gasteiger partial charge in [-0.2, -0.15) is 0 Å². The second-order valence-corrected chi connectivity index (χ2v) is 5.52. The molecule has 0 saturated carbocycles. The lowest BCUT2D eigenvalue weighted by atomic mass is 9.94. The van der Waals surface area contributed by atoms with Crippen molar-refractivity contribution in [2.75, 3.05) is 29.9 Å². The van der Waals surface area contributed by atoms with Gasteiger partial charge in [0.15, 0.2) is 0 Å². The molecular formula is C13H21BrN4. The molecule has 0 spiro atoms. The van der Waals surface area contributed by atoms with E-state index in [1.54, 1.807) is 6.33 Å². The summed E-state index contributed by atoms with van der Waals surface area (Å²) in [5.41, 5.74) is 0. The molecule has 1 aliphatic rings. The average Bonchev–Trinajstić information content (AvgIpc) is 2.42. The number of nitrogens with zero attached hydrogens (tertiary/aromatic N) is 3. The van der Waals surface area contributed by atoms with Crippen LogP contribution in [0.15, 0.2) is 10.8 Å². The molecule has 0 radical (unpaired) electrons. The smallest absolute Gasteiger partial charge is 0.148 e. The molecule has 18 heavy (non-hydrogen) atoms. The molecule has 100 valence electrons. The van der Waals surface area contributed by atoms with Crippen LogP contribution in [0.5, 0.6) is 0 Å². The summed E-state index contributed by atoms with van der Waals surface area (Å²) in [5, 5.41) is 3.25. The molecule has 0 bridgehead atoms. The molecule has 4 nitrogen and oxygen atoms in total. The van der Waals surface area contributed by atoms with Crippen molar-refractivity contribution in [2.45, 2.75) is 33.1 Å². The number of rotatable bonds is 4. The lowest BCUT2D eigenvalue weighted by molar-refractivity contribution is 0.393. The van der Waals surface area contributed by atoms with E-state index in [-0.39, 0.29) is 0 Å². The number of hydrogen-bond acceptors (Lipinski definition) is 4. The van der Waals surface area contributed by atoms with E-state index in [0.717, 1.165) is 41.7 Å². The highest BCUT2D eigenvalue weighted by atomic mass is 79.9. The normalized spacial score (nSPS) is 16.9. The molecule has 1 aromatic heterocycles. The third-order valence-electron chi connectivity index (χ3n) is 3.61. The van der Waals surface area contributed by atoms with Crippen LogP contribution in [-0.2, 0) is 0 Å². The molecular weight excluding hydrogens is 292 g/mol. The number of piperidine rings is 1. The largest absolute Gasteiger partial charge is 0.369 e. The van der Waals surface area contributed by atoms with Gasteiger partial charge in [-0.3, -0.25) is 0 Å². The Balaban J connectivity index is 2.11. The van der Waals surface area contributed by atoms with Gasteiger partial charge in [0.1, 0.15) is 22.4 Å². The lowest BCUT2D eigenvalue weighted by Crippen LogP contribution is -2.34. The van der Waals surface area contributed by atoms with Crippen molar-refractivity contribution in [3.63, 3.8) is 0 Å². The first-order chi connectivity index (χ1) is 8.76. The second kappa shape index (κ2) is 6.36. The fraction of sp³-hybridized carbons (Fsp3) is 0.692. The maximum Gasteiger partial charge on any atom is 0.148 e. The van der Waals surface area contributed by atoms with Crippen molar-refractivity contribution in [3.8, 4) is 0 Å². The Kier molecular flexibility index (Phi) is 4.80. The summed E-state index contributed by atoms with van der Waals surface area (Å²) < 4.78 is 0.988. The Labute approximate surface area is 117 Å². The van der Waals surface area contributed by atoms with E-state index in [2.05, 4.69) is 50.0 Å². The predicted octanol–water partition coefficient (Wildman–Crippen LogP) is 3.30. The monoisotopic (exact) mass is 312 g/mol. The first-order valence-electron chi connectivity index (χ1n) is 6.75. The Morgan fingerprint density at radius 3 is 2.67 bits per heavy atom. The Bertz CT molecular complexity index is 389. The second-order valence-electron chi connectivity index (χ2n) is 4.73. The summed E-state index contributed by atoms with van der Waals surface area (Å²) >= 11 is 3.62. The van der Waals surface area contributed by atoms with E-state index in [4.69, 9.17) is 0 Å². The van der Waals surface area contributed by atoms with Crippen LogP contribution in [-0.4, -0.2) is 29.6 Å². The SMILES string of the molecule is CCNc1ncnc(N2CCC(CC)CC2)c1Br. The van der Waals surface area contributed by atoms with Gasteiger partial charge in [-0.1, -0.05) is 13.3 Å². The highest BCUT2D eigenvalue weighted by Crippen LogP contribution is 2.32. The number of anilines is 2. The highest BCUT2D eigenvalue weighted by Gasteiger charge is 2.21. The van der Waals surface area contributed by atoms with Crippen molar-refractivity contribution in [1.82, 2.24) is 9.97 Å². The summed E-state index contributed by atoms with van der Waals surface area (Å²) in [6.45, 7) is 7.41. The molecule has 0 unspecified atom stereocenters. The van der Waals surface area contributed by atoms with Crippen molar-refractivity contribution in [3.05, 3.63) is 10.8 Å². The number of hydrogen-bond donors (Lipinski definition) is 1. The van der Waals surface area contributed by atoms with Crippen LogP contribution in [0.3, 0.4) is 0 Å². The van der Waals surface area contributed by atoms with Crippen LogP contribution in [0.4, 0.5) is 11.6 Å². The van der Waals surface area contributed by atoms with Gasteiger partial charge in [0.2, 0.25) is 0 Å². The molecule has 0 aliphatic carbocycles. The van der Waals surface area contributed by atoms with E-state index in [0.29, 0.717) is 0 Å². The summed E-state index contributed by atoms with van der Waals surface area (Å²) in [6, 6.07) is 0. The van der Waals surface area contributed by atoms with E-state index < -0.39 is 0 Å². The number of halogens is 1. The summed E-state index contributed by atoms with van der Waals surface area (Å²) in [7, 11) is 0. The summed E-state index contributed by atoms with van der Waals surface area (Å²) in [4.78, 5) is 11.0. The Morgan fingerprint density at radius 2 is 2.06 bits per heavy atom. The Morgan fingerprint density at radius 1 is 1.33 bits per heavy atom. The molecule has 5 heteroatoms. The topological polar surface area (TPSA) is 41.1 Å². The quantitative estimate of drug-likeness (QED) is 0.926. The molecule has 1 N–H and O–H groups in total. The molecule has 2 rings (SSSR count). The van der Waals surface area contributed by atoms with Gasteiger partial charge in [0.05, 0.1) is 0 Å². The first-order valence-corrected chi connectivity index (χ1v) is 7.54. The zero-order valence-corrected chi connectivity index (χ0v) is 12.7. The van der Waals surface area contributed by atoms with Crippen LogP contribution in [0, 0.1) is 5.92 Å². The number of aromatic nitrogens is 2. The van der Waals surface area contributed by atoms with Crippen molar-refractivity contribution in [2.24, 2.45) is 5.92 Å². The molecule has 0 atom stereocenters. The lowest BCUT2D eigenvalue weighted by Gasteiger charge is -2.33. The van der Waals surface area contributed by atoms with Gasteiger partial charge in [-0.15, -0.1) is 0 Å². The number of nitrogens with one attached hydrogen (secondary N) is 1. The van der Waals surface area contributed by atoms with E-state index in [1.165, 1.54) is 19.3 Å². The van der Waals surface area contributed by atoms with Gasteiger partial charge in [-0.05, 0) is 41.6 Å². The van der Waals surface area contributed by atoms with Gasteiger partial charge >= 0.3 is 0 Å². The first kappa shape index (κ1) is 13.6. The minimum Gasteiger partial charge on any atom is -0.369 e. The maximum atomic E-state index is 4.42. The molecule has 0 aromatic carbocycles. The van der Waals surface area contributed by atoms with Gasteiger partial charge < -0.3 is 10.2 Å². The molecule has 1 aromatic rings. The third kappa shape index (κ3) is 2.94. The highest BCUT2D eigenvalue weighted by molar-refractivity contribution is 9.10. The molecule has 2 heterocycles. The van der Waals surface area contributed by atoms with Gasteiger partial charge in [0.25, 0.3) is 0 Å². The minimum absolute atomic E-state index is 0.868. The van der Waals surface area contributed by atoms with Gasteiger partial charge in [0, 0.05) is 19.6 Å². The van der Waals surface area contributed by atoms with Crippen molar-refractivity contribution < 1.29 is 0 Å². The standard InChI is InChI=1S/C13H21BrN4/c1-3-10-5-7-18(8-6-10)13-11(14)12(15-4-2)16-9-17-13/h9-10H,3-8H2,1-2H3,(H,15,16,17). The van der Waals surface area contributed by atoms with Crippen LogP contribution in [0.1, 0.15) is 33.1 Å².